The molecule has 0 aliphatic heterocycles. The first-order chi connectivity index (χ1) is 7.19. The van der Waals surface area contributed by atoms with E-state index in [9.17, 15) is 4.79 Å². The second-order valence-electron chi connectivity index (χ2n) is 2.43. The van der Waals surface area contributed by atoms with Gasteiger partial charge in [0.2, 0.25) is 0 Å². The van der Waals surface area contributed by atoms with Gasteiger partial charge in [0.15, 0.2) is 0 Å². The third-order valence-corrected chi connectivity index (χ3v) is 1.63. The zero-order chi connectivity index (χ0) is 11.8. The number of carbonyl (C=O) groups excluding carboxylic acids is 1. The van der Waals surface area contributed by atoms with E-state index in [4.69, 9.17) is 16.3 Å². The van der Waals surface area contributed by atoms with Gasteiger partial charge in [0, 0.05) is 11.8 Å². The lowest BCUT2D eigenvalue weighted by Gasteiger charge is -2.05. The van der Waals surface area contributed by atoms with Crippen LogP contribution in [0.1, 0.15) is 24.2 Å². The van der Waals surface area contributed by atoms with Crippen LogP contribution < -0.4 is 21.7 Å². The number of methoxy groups -OCH3 is 1. The summed E-state index contributed by atoms with van der Waals surface area (Å²) in [6.07, 6.45) is 0. The molecule has 0 bridgehead atoms. The summed E-state index contributed by atoms with van der Waals surface area (Å²) in [5, 5.41) is 0. The highest BCUT2D eigenvalue weighted by molar-refractivity contribution is 5.98. The van der Waals surface area contributed by atoms with E-state index in [-0.39, 0.29) is 0 Å². The van der Waals surface area contributed by atoms with Gasteiger partial charge in [-0.3, -0.25) is 10.2 Å². The minimum Gasteiger partial charge on any atom is -0.497 e. The molecule has 0 radical (unpaired) electrons. The molecule has 5 heteroatoms. The average Bonchev–Trinajstić information content (AvgIpc) is 2.30. The summed E-state index contributed by atoms with van der Waals surface area (Å²) in [6, 6.07) is 4.75. The summed E-state index contributed by atoms with van der Waals surface area (Å²) in [6.45, 7) is 4.00. The maximum Gasteiger partial charge on any atom is 0.267 e. The third kappa shape index (κ3) is 3.47. The maximum atomic E-state index is 11.1. The zero-order valence-electron chi connectivity index (χ0n) is 9.20. The molecular weight excluding hydrogens is 194 g/mol. The molecule has 1 aromatic carbocycles. The maximum absolute atomic E-state index is 11.1. The fourth-order valence-corrected chi connectivity index (χ4v) is 0.952. The molecule has 15 heavy (non-hydrogen) atoms. The van der Waals surface area contributed by atoms with Crippen molar-refractivity contribution in [3.8, 4) is 5.75 Å². The van der Waals surface area contributed by atoms with E-state index in [1.54, 1.807) is 18.2 Å². The van der Waals surface area contributed by atoms with Gasteiger partial charge in [0.05, 0.1) is 12.7 Å². The van der Waals surface area contributed by atoms with Gasteiger partial charge in [-0.2, -0.15) is 0 Å². The van der Waals surface area contributed by atoms with Crippen molar-refractivity contribution in [1.82, 2.24) is 5.43 Å². The normalized spacial score (nSPS) is 8.53. The van der Waals surface area contributed by atoms with E-state index >= 15 is 0 Å². The van der Waals surface area contributed by atoms with E-state index in [0.717, 1.165) is 0 Å². The molecule has 0 aliphatic rings. The van der Waals surface area contributed by atoms with E-state index in [2.05, 4.69) is 0 Å². The van der Waals surface area contributed by atoms with Gasteiger partial charge in [-0.1, -0.05) is 13.8 Å². The van der Waals surface area contributed by atoms with Crippen molar-refractivity contribution in [2.24, 2.45) is 5.84 Å². The molecule has 0 unspecified atom stereocenters. The lowest BCUT2D eigenvalue weighted by atomic mass is 10.1. The van der Waals surface area contributed by atoms with Gasteiger partial charge < -0.3 is 10.5 Å². The van der Waals surface area contributed by atoms with Crippen LogP contribution >= 0.6 is 0 Å². The highest BCUT2D eigenvalue weighted by Crippen LogP contribution is 2.18. The number of hydrogen-bond donors (Lipinski definition) is 3. The summed E-state index contributed by atoms with van der Waals surface area (Å²) >= 11 is 0. The smallest absolute Gasteiger partial charge is 0.267 e. The van der Waals surface area contributed by atoms with Crippen LogP contribution in [0.2, 0.25) is 0 Å². The molecule has 84 valence electrons. The van der Waals surface area contributed by atoms with Crippen molar-refractivity contribution in [3.05, 3.63) is 23.8 Å². The summed E-state index contributed by atoms with van der Waals surface area (Å²) in [5.74, 6) is 5.14. The Labute approximate surface area is 89.4 Å². The summed E-state index contributed by atoms with van der Waals surface area (Å²) < 4.78 is 4.92. The Morgan fingerprint density at radius 1 is 1.40 bits per heavy atom. The van der Waals surface area contributed by atoms with Crippen LogP contribution in [0, 0.1) is 0 Å². The van der Waals surface area contributed by atoms with Crippen molar-refractivity contribution in [3.63, 3.8) is 0 Å². The predicted molar refractivity (Wildman–Crippen MR) is 60.4 cm³/mol. The van der Waals surface area contributed by atoms with E-state index in [1.807, 2.05) is 19.3 Å². The van der Waals surface area contributed by atoms with Gasteiger partial charge in [0.25, 0.3) is 5.91 Å². The monoisotopic (exact) mass is 211 g/mol. The van der Waals surface area contributed by atoms with Crippen molar-refractivity contribution in [2.45, 2.75) is 13.8 Å². The fourth-order valence-electron chi connectivity index (χ4n) is 0.952. The lowest BCUT2D eigenvalue weighted by Crippen LogP contribution is -2.30. The summed E-state index contributed by atoms with van der Waals surface area (Å²) in [7, 11) is 1.53. The first-order valence-electron chi connectivity index (χ1n) is 4.63. The number of anilines is 1. The first-order valence-corrected chi connectivity index (χ1v) is 4.63. The Kier molecular flexibility index (Phi) is 5.89. The SMILES string of the molecule is CC.COc1ccc(C(=O)NN)c(N)c1. The number of nitrogens with two attached hydrogens (primary N) is 2. The number of carbonyl (C=O) groups is 1. The number of nitrogen functional groups attached to an aromatic ring is 2. The van der Waals surface area contributed by atoms with Crippen LogP contribution in [0.3, 0.4) is 0 Å². The van der Waals surface area contributed by atoms with Crippen LogP contribution in [0.25, 0.3) is 0 Å². The topological polar surface area (TPSA) is 90.4 Å². The van der Waals surface area contributed by atoms with Crippen molar-refractivity contribution >= 4 is 11.6 Å². The Morgan fingerprint density at radius 3 is 2.40 bits per heavy atom. The number of hydrazine groups is 1. The van der Waals surface area contributed by atoms with Gasteiger partial charge in [-0.25, -0.2) is 5.84 Å². The number of ether oxygens (including phenoxy) is 1. The van der Waals surface area contributed by atoms with Crippen LogP contribution in [-0.2, 0) is 0 Å². The molecule has 0 saturated carbocycles. The highest BCUT2D eigenvalue weighted by Gasteiger charge is 2.07. The number of amides is 1. The van der Waals surface area contributed by atoms with Crippen LogP contribution in [0.5, 0.6) is 5.75 Å². The van der Waals surface area contributed by atoms with Crippen molar-refractivity contribution in [1.29, 1.82) is 0 Å². The quantitative estimate of drug-likeness (QED) is 0.293. The molecular formula is C10H17N3O2. The van der Waals surface area contributed by atoms with Crippen LogP contribution in [0.15, 0.2) is 18.2 Å². The standard InChI is InChI=1S/C8H11N3O2.C2H6/c1-13-5-2-3-6(7(9)4-5)8(12)11-10;1-2/h2-4H,9-10H2,1H3,(H,11,12);1-2H3. The highest BCUT2D eigenvalue weighted by atomic mass is 16.5. The molecule has 0 spiro atoms. The van der Waals surface area contributed by atoms with E-state index in [0.29, 0.717) is 17.0 Å². The van der Waals surface area contributed by atoms with Crippen molar-refractivity contribution in [2.75, 3.05) is 12.8 Å². The fraction of sp³-hybridized carbons (Fsp3) is 0.300. The second kappa shape index (κ2) is 6.67. The molecule has 0 heterocycles. The van der Waals surface area contributed by atoms with Gasteiger partial charge in [-0.05, 0) is 12.1 Å². The van der Waals surface area contributed by atoms with Crippen LogP contribution in [0.4, 0.5) is 5.69 Å². The largest absolute Gasteiger partial charge is 0.497 e. The number of benzene rings is 1. The Hall–Kier alpha value is -1.75. The minimum atomic E-state index is -0.417. The lowest BCUT2D eigenvalue weighted by molar-refractivity contribution is 0.0954. The molecule has 0 aliphatic carbocycles. The molecule has 0 saturated heterocycles. The molecule has 5 nitrogen and oxygen atoms in total. The molecule has 0 aromatic heterocycles. The van der Waals surface area contributed by atoms with Gasteiger partial charge >= 0.3 is 0 Å². The summed E-state index contributed by atoms with van der Waals surface area (Å²) in [5.41, 5.74) is 8.25. The molecule has 1 amide bonds. The number of hydrogen-bond acceptors (Lipinski definition) is 4. The Morgan fingerprint density at radius 2 is 2.00 bits per heavy atom. The minimum absolute atomic E-state index is 0.335. The predicted octanol–water partition coefficient (Wildman–Crippen LogP) is 0.907. The number of nitrogens with one attached hydrogen (secondary N) is 1. The van der Waals surface area contributed by atoms with Gasteiger partial charge in [0.1, 0.15) is 5.75 Å². The average molecular weight is 211 g/mol. The van der Waals surface area contributed by atoms with Crippen LogP contribution in [-0.4, -0.2) is 13.0 Å². The second-order valence-corrected chi connectivity index (χ2v) is 2.43. The summed E-state index contributed by atoms with van der Waals surface area (Å²) in [4.78, 5) is 11.1. The Balaban J connectivity index is 0.000000921. The van der Waals surface area contributed by atoms with Gasteiger partial charge in [-0.15, -0.1) is 0 Å². The molecule has 0 fully saturated rings. The first kappa shape index (κ1) is 13.2. The Bertz CT molecular complexity index is 326. The van der Waals surface area contributed by atoms with E-state index < -0.39 is 5.91 Å². The van der Waals surface area contributed by atoms with Crippen molar-refractivity contribution < 1.29 is 9.53 Å². The zero-order valence-corrected chi connectivity index (χ0v) is 9.20. The third-order valence-electron chi connectivity index (χ3n) is 1.63. The molecule has 0 atom stereocenters. The molecule has 1 aromatic rings. The molecule has 5 N–H and O–H groups in total. The molecule has 1 rings (SSSR count). The number of rotatable bonds is 2. The van der Waals surface area contributed by atoms with E-state index in [1.165, 1.54) is 7.11 Å².